The average molecular weight is 443 g/mol. The number of hydrogen-bond acceptors (Lipinski definition) is 7. The molecule has 0 unspecified atom stereocenters. The third-order valence-electron chi connectivity index (χ3n) is 4.51. The zero-order valence-corrected chi connectivity index (χ0v) is 17.2. The number of fused-ring (bicyclic) bond motifs is 1. The highest BCUT2D eigenvalue weighted by atomic mass is 35.5. The minimum absolute atomic E-state index is 0.190. The maximum absolute atomic E-state index is 12.6. The van der Waals surface area contributed by atoms with Gasteiger partial charge in [0.1, 0.15) is 23.7 Å². The smallest absolute Gasteiger partial charge is 0.352 e. The molecular weight excluding hydrogens is 424 g/mol. The topological polar surface area (TPSA) is 131 Å². The Morgan fingerprint density at radius 1 is 1.48 bits per heavy atom. The van der Waals surface area contributed by atoms with E-state index in [2.05, 4.69) is 10.4 Å². The van der Waals surface area contributed by atoms with Crippen molar-refractivity contribution in [1.82, 2.24) is 20.0 Å². The number of β-lactam (4-membered cyclic amide) rings is 1. The molecule has 0 saturated carbocycles. The Kier molecular flexibility index (Phi) is 6.18. The van der Waals surface area contributed by atoms with E-state index in [0.29, 0.717) is 10.6 Å². The highest BCUT2D eigenvalue weighted by Crippen LogP contribution is 2.40. The SMILES string of the molecule is CC(=O)OCC1=C(C(=O)O)N2C(=O)[C@H](NC(=O)[C@H](C)Cn3cc(Cl)cn3)[C@H]2SC1. The van der Waals surface area contributed by atoms with Gasteiger partial charge in [-0.25, -0.2) is 4.79 Å². The van der Waals surface area contributed by atoms with Gasteiger partial charge in [0, 0.05) is 24.4 Å². The van der Waals surface area contributed by atoms with E-state index in [0.717, 1.165) is 4.90 Å². The van der Waals surface area contributed by atoms with E-state index >= 15 is 0 Å². The summed E-state index contributed by atoms with van der Waals surface area (Å²) in [5.74, 6) is -2.88. The molecule has 1 aromatic heterocycles. The van der Waals surface area contributed by atoms with E-state index < -0.39 is 35.2 Å². The molecule has 12 heteroatoms. The number of esters is 1. The van der Waals surface area contributed by atoms with Gasteiger partial charge in [-0.3, -0.25) is 24.0 Å². The number of amides is 2. The summed E-state index contributed by atoms with van der Waals surface area (Å²) in [5.41, 5.74) is 0.153. The number of carboxylic acids is 1. The van der Waals surface area contributed by atoms with Crippen molar-refractivity contribution in [3.8, 4) is 0 Å². The van der Waals surface area contributed by atoms with Crippen LogP contribution < -0.4 is 5.32 Å². The second-order valence-electron chi connectivity index (χ2n) is 6.72. The van der Waals surface area contributed by atoms with Crippen LogP contribution in [0, 0.1) is 5.92 Å². The summed E-state index contributed by atoms with van der Waals surface area (Å²) < 4.78 is 6.42. The molecule has 3 heterocycles. The maximum atomic E-state index is 12.6. The summed E-state index contributed by atoms with van der Waals surface area (Å²) in [5, 5.41) is 16.2. The van der Waals surface area contributed by atoms with E-state index in [1.807, 2.05) is 0 Å². The number of hydrogen-bond donors (Lipinski definition) is 2. The zero-order valence-electron chi connectivity index (χ0n) is 15.6. The highest BCUT2D eigenvalue weighted by molar-refractivity contribution is 8.00. The number of aliphatic carboxylic acids is 1. The lowest BCUT2D eigenvalue weighted by Gasteiger charge is -2.49. The first kappa shape index (κ1) is 21.2. The normalized spacial score (nSPS) is 21.9. The van der Waals surface area contributed by atoms with Crippen molar-refractivity contribution in [2.24, 2.45) is 5.92 Å². The Hall–Kier alpha value is -2.53. The lowest BCUT2D eigenvalue weighted by Crippen LogP contribution is -2.71. The number of rotatable bonds is 7. The first-order valence-corrected chi connectivity index (χ1v) is 10.1. The minimum atomic E-state index is -1.28. The summed E-state index contributed by atoms with van der Waals surface area (Å²) in [4.78, 5) is 48.9. The molecule has 0 aliphatic carbocycles. The molecule has 1 saturated heterocycles. The highest BCUT2D eigenvalue weighted by Gasteiger charge is 2.54. The van der Waals surface area contributed by atoms with Crippen LogP contribution in [0.4, 0.5) is 0 Å². The molecule has 0 aromatic carbocycles. The molecule has 10 nitrogen and oxygen atoms in total. The molecule has 0 radical (unpaired) electrons. The molecule has 29 heavy (non-hydrogen) atoms. The number of ether oxygens (including phenoxy) is 1. The van der Waals surface area contributed by atoms with Crippen LogP contribution in [0.2, 0.25) is 5.02 Å². The molecule has 0 spiro atoms. The molecule has 2 aliphatic heterocycles. The van der Waals surface area contributed by atoms with Crippen LogP contribution in [0.3, 0.4) is 0 Å². The number of nitrogens with zero attached hydrogens (tertiary/aromatic N) is 3. The van der Waals surface area contributed by atoms with Gasteiger partial charge in [0.05, 0.1) is 23.7 Å². The second kappa shape index (κ2) is 8.46. The number of halogens is 1. The van der Waals surface area contributed by atoms with Crippen LogP contribution in [0.5, 0.6) is 0 Å². The van der Waals surface area contributed by atoms with Gasteiger partial charge in [-0.05, 0) is 0 Å². The van der Waals surface area contributed by atoms with Gasteiger partial charge < -0.3 is 15.2 Å². The van der Waals surface area contributed by atoms with E-state index in [9.17, 15) is 24.3 Å². The predicted molar refractivity (Wildman–Crippen MR) is 103 cm³/mol. The fourth-order valence-corrected chi connectivity index (χ4v) is 4.56. The van der Waals surface area contributed by atoms with Gasteiger partial charge in [-0.1, -0.05) is 18.5 Å². The van der Waals surface area contributed by atoms with Crippen molar-refractivity contribution in [3.63, 3.8) is 0 Å². The monoisotopic (exact) mass is 442 g/mol. The summed E-state index contributed by atoms with van der Waals surface area (Å²) in [6, 6.07) is -0.819. The fraction of sp³-hybridized carbons (Fsp3) is 0.471. The Balaban J connectivity index is 1.66. The molecule has 2 N–H and O–H groups in total. The molecule has 2 amide bonds. The van der Waals surface area contributed by atoms with Crippen molar-refractivity contribution in [2.75, 3.05) is 12.4 Å². The first-order chi connectivity index (χ1) is 13.7. The van der Waals surface area contributed by atoms with Crippen LogP contribution >= 0.6 is 23.4 Å². The Morgan fingerprint density at radius 3 is 2.79 bits per heavy atom. The number of nitrogens with one attached hydrogen (secondary N) is 1. The lowest BCUT2D eigenvalue weighted by atomic mass is 10.0. The number of carboxylic acid groups (broad SMARTS) is 1. The molecule has 1 aromatic rings. The van der Waals surface area contributed by atoms with Crippen molar-refractivity contribution in [1.29, 1.82) is 0 Å². The molecule has 2 aliphatic rings. The second-order valence-corrected chi connectivity index (χ2v) is 8.26. The molecular formula is C17H19ClN4O6S. The molecule has 1 fully saturated rings. The molecule has 156 valence electrons. The molecule has 3 atom stereocenters. The maximum Gasteiger partial charge on any atom is 0.352 e. The third-order valence-corrected chi connectivity index (χ3v) is 6.04. The number of carbonyl (C=O) groups is 4. The van der Waals surface area contributed by atoms with Crippen molar-refractivity contribution < 1.29 is 29.0 Å². The Labute approximate surface area is 175 Å². The standard InChI is InChI=1S/C17H19ClN4O6S/c1-8(4-21-5-11(18)3-19-21)14(24)20-12-15(25)22-13(17(26)27)10(6-28-9(2)23)7-29-16(12)22/h3,5,8,12,16H,4,6-7H2,1-2H3,(H,20,24)(H,26,27)/t8-,12+,16-/m1/s1. The van der Waals surface area contributed by atoms with E-state index in [4.69, 9.17) is 16.3 Å². The van der Waals surface area contributed by atoms with Crippen molar-refractivity contribution >= 4 is 47.1 Å². The van der Waals surface area contributed by atoms with E-state index in [1.165, 1.54) is 29.6 Å². The van der Waals surface area contributed by atoms with Gasteiger partial charge in [0.15, 0.2) is 0 Å². The van der Waals surface area contributed by atoms with E-state index in [1.54, 1.807) is 13.1 Å². The van der Waals surface area contributed by atoms with Crippen LogP contribution in [-0.2, 0) is 30.5 Å². The van der Waals surface area contributed by atoms with Crippen molar-refractivity contribution in [3.05, 3.63) is 28.7 Å². The quantitative estimate of drug-likeness (QED) is 0.460. The van der Waals surface area contributed by atoms with Gasteiger partial charge in [-0.2, -0.15) is 5.10 Å². The summed E-state index contributed by atoms with van der Waals surface area (Å²) in [7, 11) is 0. The minimum Gasteiger partial charge on any atom is -0.477 e. The summed E-state index contributed by atoms with van der Waals surface area (Å²) >= 11 is 7.12. The van der Waals surface area contributed by atoms with Gasteiger partial charge in [-0.15, -0.1) is 11.8 Å². The summed E-state index contributed by atoms with van der Waals surface area (Å²) in [6.07, 6.45) is 3.05. The predicted octanol–water partition coefficient (Wildman–Crippen LogP) is 0.474. The van der Waals surface area contributed by atoms with Crippen LogP contribution in [0.25, 0.3) is 0 Å². The van der Waals surface area contributed by atoms with E-state index in [-0.39, 0.29) is 30.5 Å². The number of thioether (sulfide) groups is 1. The zero-order chi connectivity index (χ0) is 21.3. The third kappa shape index (κ3) is 4.40. The van der Waals surface area contributed by atoms with Gasteiger partial charge in [0.2, 0.25) is 5.91 Å². The average Bonchev–Trinajstić information content (AvgIpc) is 3.07. The van der Waals surface area contributed by atoms with Crippen LogP contribution in [-0.4, -0.2) is 67.3 Å². The first-order valence-electron chi connectivity index (χ1n) is 8.70. The number of aromatic nitrogens is 2. The van der Waals surface area contributed by atoms with Crippen LogP contribution in [0.15, 0.2) is 23.7 Å². The molecule has 3 rings (SSSR count). The summed E-state index contributed by atoms with van der Waals surface area (Å²) in [6.45, 7) is 3.01. The van der Waals surface area contributed by atoms with Crippen molar-refractivity contribution in [2.45, 2.75) is 31.8 Å². The van der Waals surface area contributed by atoms with Gasteiger partial charge >= 0.3 is 11.9 Å². The fourth-order valence-electron chi connectivity index (χ4n) is 3.08. The van der Waals surface area contributed by atoms with Crippen LogP contribution in [0.1, 0.15) is 13.8 Å². The largest absolute Gasteiger partial charge is 0.477 e. The number of carbonyl (C=O) groups excluding carboxylic acids is 3. The van der Waals surface area contributed by atoms with Gasteiger partial charge in [0.25, 0.3) is 5.91 Å². The lowest BCUT2D eigenvalue weighted by molar-refractivity contribution is -0.151. The Morgan fingerprint density at radius 2 is 2.21 bits per heavy atom. The Bertz CT molecular complexity index is 900. The molecule has 0 bridgehead atoms.